The zero-order valence-corrected chi connectivity index (χ0v) is 14.0. The highest BCUT2D eigenvalue weighted by Crippen LogP contribution is 2.29. The van der Waals surface area contributed by atoms with E-state index in [1.807, 2.05) is 28.8 Å². The van der Waals surface area contributed by atoms with Gasteiger partial charge in [0.25, 0.3) is 0 Å². The molecule has 0 bridgehead atoms. The molecule has 2 aromatic rings. The van der Waals surface area contributed by atoms with Crippen LogP contribution in [0.1, 0.15) is 40.8 Å². The number of nitrogens with zero attached hydrogens (tertiary/aromatic N) is 4. The first kappa shape index (κ1) is 15.2. The van der Waals surface area contributed by atoms with E-state index in [4.69, 9.17) is 0 Å². The number of hydrogen-bond acceptors (Lipinski definition) is 4. The maximum absolute atomic E-state index is 12.5. The highest BCUT2D eigenvalue weighted by atomic mass is 32.1. The van der Waals surface area contributed by atoms with Gasteiger partial charge < -0.3 is 4.90 Å². The monoisotopic (exact) mass is 318 g/mol. The summed E-state index contributed by atoms with van der Waals surface area (Å²) in [6.45, 7) is 6.44. The summed E-state index contributed by atoms with van der Waals surface area (Å²) in [5.41, 5.74) is 1.10. The number of aryl methyl sites for hydroxylation is 3. The lowest BCUT2D eigenvalue weighted by atomic mass is 9.98. The molecular weight excluding hydrogens is 296 g/mol. The molecule has 0 N–H and O–H groups in total. The van der Waals surface area contributed by atoms with Crippen molar-refractivity contribution in [3.8, 4) is 0 Å². The van der Waals surface area contributed by atoms with Crippen LogP contribution in [0, 0.1) is 13.8 Å². The summed E-state index contributed by atoms with van der Waals surface area (Å²) in [5, 5.41) is 5.41. The Morgan fingerprint density at radius 1 is 1.45 bits per heavy atom. The third kappa shape index (κ3) is 3.38. The minimum absolute atomic E-state index is 0.230. The van der Waals surface area contributed by atoms with Gasteiger partial charge >= 0.3 is 0 Å². The molecule has 1 amide bonds. The predicted molar refractivity (Wildman–Crippen MR) is 87.0 cm³/mol. The van der Waals surface area contributed by atoms with Crippen molar-refractivity contribution >= 4 is 17.2 Å². The van der Waals surface area contributed by atoms with Crippen LogP contribution >= 0.6 is 11.3 Å². The maximum Gasteiger partial charge on any atom is 0.224 e. The average molecular weight is 318 g/mol. The van der Waals surface area contributed by atoms with Crippen molar-refractivity contribution in [2.75, 3.05) is 13.1 Å². The van der Waals surface area contributed by atoms with Crippen LogP contribution in [0.5, 0.6) is 0 Å². The lowest BCUT2D eigenvalue weighted by Gasteiger charge is -2.32. The van der Waals surface area contributed by atoms with E-state index in [1.54, 1.807) is 17.5 Å². The second-order valence-corrected chi connectivity index (χ2v) is 7.20. The fourth-order valence-corrected chi connectivity index (χ4v) is 3.86. The fraction of sp³-hybridized carbons (Fsp3) is 0.562. The normalized spacial score (nSPS) is 18.6. The van der Waals surface area contributed by atoms with E-state index in [1.165, 1.54) is 9.88 Å². The van der Waals surface area contributed by atoms with Crippen LogP contribution < -0.4 is 0 Å². The number of amides is 1. The van der Waals surface area contributed by atoms with Gasteiger partial charge in [0.2, 0.25) is 5.91 Å². The number of thiazole rings is 1. The SMILES string of the molecule is Cc1cnc([C@@H]2CCCN(C(=O)CCn3nccc3C)C2)s1. The van der Waals surface area contributed by atoms with Crippen molar-refractivity contribution in [3.63, 3.8) is 0 Å². The Bertz CT molecular complexity index is 648. The molecule has 0 radical (unpaired) electrons. The van der Waals surface area contributed by atoms with Gasteiger partial charge in [-0.05, 0) is 32.8 Å². The zero-order valence-electron chi connectivity index (χ0n) is 13.2. The number of piperidine rings is 1. The lowest BCUT2D eigenvalue weighted by Crippen LogP contribution is -2.39. The summed E-state index contributed by atoms with van der Waals surface area (Å²) < 4.78 is 1.89. The smallest absolute Gasteiger partial charge is 0.224 e. The van der Waals surface area contributed by atoms with E-state index >= 15 is 0 Å². The third-order valence-corrected chi connectivity index (χ3v) is 5.30. The number of aromatic nitrogens is 3. The van der Waals surface area contributed by atoms with E-state index in [-0.39, 0.29) is 5.91 Å². The summed E-state index contributed by atoms with van der Waals surface area (Å²) in [7, 11) is 0. The van der Waals surface area contributed by atoms with Gasteiger partial charge in [0.15, 0.2) is 0 Å². The van der Waals surface area contributed by atoms with Crippen LogP contribution in [0.3, 0.4) is 0 Å². The lowest BCUT2D eigenvalue weighted by molar-refractivity contribution is -0.132. The summed E-state index contributed by atoms with van der Waals surface area (Å²) >= 11 is 1.76. The number of hydrogen-bond donors (Lipinski definition) is 0. The Morgan fingerprint density at radius 3 is 3.00 bits per heavy atom. The molecule has 0 spiro atoms. The first-order valence-corrected chi connectivity index (χ1v) is 8.63. The molecule has 118 valence electrons. The molecule has 0 unspecified atom stereocenters. The number of rotatable bonds is 4. The van der Waals surface area contributed by atoms with Crippen molar-refractivity contribution in [2.45, 2.75) is 45.6 Å². The molecular formula is C16H22N4OS. The molecule has 1 aliphatic rings. The van der Waals surface area contributed by atoms with E-state index in [2.05, 4.69) is 17.0 Å². The Morgan fingerprint density at radius 2 is 2.32 bits per heavy atom. The van der Waals surface area contributed by atoms with Crippen LogP contribution in [0.4, 0.5) is 0 Å². The highest BCUT2D eigenvalue weighted by Gasteiger charge is 2.26. The van der Waals surface area contributed by atoms with E-state index in [0.29, 0.717) is 18.9 Å². The molecule has 3 rings (SSSR count). The molecule has 0 aliphatic carbocycles. The highest BCUT2D eigenvalue weighted by molar-refractivity contribution is 7.11. The third-order valence-electron chi connectivity index (χ3n) is 4.23. The van der Waals surface area contributed by atoms with Crippen LogP contribution in [0.2, 0.25) is 0 Å². The van der Waals surface area contributed by atoms with Crippen molar-refractivity contribution in [3.05, 3.63) is 34.0 Å². The fourth-order valence-electron chi connectivity index (χ4n) is 2.96. The van der Waals surface area contributed by atoms with E-state index in [0.717, 1.165) is 31.6 Å². The molecule has 0 saturated carbocycles. The summed E-state index contributed by atoms with van der Waals surface area (Å²) in [6.07, 6.45) is 6.43. The molecule has 6 heteroatoms. The van der Waals surface area contributed by atoms with Crippen molar-refractivity contribution < 1.29 is 4.79 Å². The van der Waals surface area contributed by atoms with Crippen molar-refractivity contribution in [2.24, 2.45) is 0 Å². The van der Waals surface area contributed by atoms with Gasteiger partial charge in [-0.25, -0.2) is 4.98 Å². The standard InChI is InChI=1S/C16H22N4OS/c1-12-5-7-18-20(12)9-6-15(21)19-8-3-4-14(11-19)16-17-10-13(2)22-16/h5,7,10,14H,3-4,6,8-9,11H2,1-2H3/t14-/m1/s1. The number of carbonyl (C=O) groups is 1. The van der Waals surface area contributed by atoms with Gasteiger partial charge in [-0.2, -0.15) is 5.10 Å². The Labute approximate surface area is 135 Å². The first-order chi connectivity index (χ1) is 10.6. The minimum atomic E-state index is 0.230. The van der Waals surface area contributed by atoms with Gasteiger partial charge in [-0.3, -0.25) is 9.48 Å². The number of carbonyl (C=O) groups excluding carboxylic acids is 1. The van der Waals surface area contributed by atoms with Crippen LogP contribution in [-0.4, -0.2) is 38.7 Å². The van der Waals surface area contributed by atoms with Crippen molar-refractivity contribution in [1.29, 1.82) is 0 Å². The second-order valence-electron chi connectivity index (χ2n) is 5.93. The Balaban J connectivity index is 1.57. The molecule has 3 heterocycles. The van der Waals surface area contributed by atoms with Gasteiger partial charge in [-0.15, -0.1) is 11.3 Å². The van der Waals surface area contributed by atoms with E-state index < -0.39 is 0 Å². The van der Waals surface area contributed by atoms with Gasteiger partial charge in [-0.1, -0.05) is 0 Å². The second kappa shape index (κ2) is 6.60. The van der Waals surface area contributed by atoms with Gasteiger partial charge in [0.1, 0.15) is 0 Å². The molecule has 5 nitrogen and oxygen atoms in total. The summed E-state index contributed by atoms with van der Waals surface area (Å²) in [6, 6.07) is 1.96. The molecule has 22 heavy (non-hydrogen) atoms. The molecule has 1 aliphatic heterocycles. The summed E-state index contributed by atoms with van der Waals surface area (Å²) in [5.74, 6) is 0.635. The Hall–Kier alpha value is -1.69. The molecule has 1 atom stereocenters. The molecule has 0 aromatic carbocycles. The quantitative estimate of drug-likeness (QED) is 0.871. The predicted octanol–water partition coefficient (Wildman–Crippen LogP) is 2.75. The first-order valence-electron chi connectivity index (χ1n) is 7.82. The van der Waals surface area contributed by atoms with Crippen molar-refractivity contribution in [1.82, 2.24) is 19.7 Å². The van der Waals surface area contributed by atoms with Crippen LogP contribution in [-0.2, 0) is 11.3 Å². The average Bonchev–Trinajstić information content (AvgIpc) is 3.13. The van der Waals surface area contributed by atoms with Gasteiger partial charge in [0, 0.05) is 54.9 Å². The maximum atomic E-state index is 12.5. The minimum Gasteiger partial charge on any atom is -0.342 e. The topological polar surface area (TPSA) is 51.0 Å². The number of likely N-dealkylation sites (tertiary alicyclic amines) is 1. The Kier molecular flexibility index (Phi) is 4.57. The molecule has 2 aromatic heterocycles. The van der Waals surface area contributed by atoms with Crippen LogP contribution in [0.15, 0.2) is 18.5 Å². The largest absolute Gasteiger partial charge is 0.342 e. The van der Waals surface area contributed by atoms with Gasteiger partial charge in [0.05, 0.1) is 5.01 Å². The zero-order chi connectivity index (χ0) is 15.5. The molecule has 1 fully saturated rings. The summed E-state index contributed by atoms with van der Waals surface area (Å²) in [4.78, 5) is 20.2. The van der Waals surface area contributed by atoms with Crippen LogP contribution in [0.25, 0.3) is 0 Å². The molecule has 1 saturated heterocycles. The van der Waals surface area contributed by atoms with E-state index in [9.17, 15) is 4.79 Å².